The number of ether oxygens (including phenoxy) is 2. The Kier molecular flexibility index (Phi) is 4.29. The fraction of sp³-hybridized carbons (Fsp3) is 0.222. The minimum Gasteiger partial charge on any atom is -0.508 e. The molecule has 3 rings (SSSR count). The molecule has 0 atom stereocenters. The van der Waals surface area contributed by atoms with Crippen molar-refractivity contribution in [3.8, 4) is 17.2 Å². The molecule has 0 bridgehead atoms. The predicted molar refractivity (Wildman–Crippen MR) is 85.9 cm³/mol. The highest BCUT2D eigenvalue weighted by Crippen LogP contribution is 2.42. The molecule has 0 spiro atoms. The quantitative estimate of drug-likeness (QED) is 0.859. The molecule has 0 radical (unpaired) electrons. The van der Waals surface area contributed by atoms with Crippen LogP contribution in [-0.4, -0.2) is 11.4 Å². The number of allylic oxidation sites excluding steroid dienone is 1. The Labute approximate surface area is 138 Å². The van der Waals surface area contributed by atoms with Crippen molar-refractivity contribution < 1.29 is 23.4 Å². The molecule has 0 saturated carbocycles. The van der Waals surface area contributed by atoms with Gasteiger partial charge in [0.25, 0.3) is 0 Å². The Morgan fingerprint density at radius 3 is 2.71 bits per heavy atom. The maximum atomic E-state index is 13.1. The van der Waals surface area contributed by atoms with Gasteiger partial charge in [-0.25, -0.2) is 0 Å². The average Bonchev–Trinajstić information content (AvgIpc) is 2.84. The van der Waals surface area contributed by atoms with Crippen LogP contribution in [0.2, 0.25) is 0 Å². The highest BCUT2D eigenvalue weighted by Gasteiger charge is 2.43. The third-order valence-electron chi connectivity index (χ3n) is 3.51. The molecule has 4 nitrogen and oxygen atoms in total. The standard InChI is InChI=1S/C18H17F2NO3/c1-2-4-15(21-11-12-5-3-6-14(22)9-12)13-7-8-16-17(10-13)24-18(19,20)23-16/h3-10,21-22H,2,11H2,1H3/b15-4+. The van der Waals surface area contributed by atoms with Crippen LogP contribution in [0.5, 0.6) is 17.2 Å². The molecule has 0 unspecified atom stereocenters. The third kappa shape index (κ3) is 3.59. The van der Waals surface area contributed by atoms with Gasteiger partial charge in [0.05, 0.1) is 0 Å². The molecule has 1 heterocycles. The smallest absolute Gasteiger partial charge is 0.508 e. The number of nitrogens with one attached hydrogen (secondary N) is 1. The summed E-state index contributed by atoms with van der Waals surface area (Å²) in [6.07, 6.45) is -0.893. The Morgan fingerprint density at radius 1 is 1.17 bits per heavy atom. The maximum absolute atomic E-state index is 13.1. The molecule has 1 aliphatic heterocycles. The van der Waals surface area contributed by atoms with E-state index in [0.29, 0.717) is 6.54 Å². The van der Waals surface area contributed by atoms with Gasteiger partial charge >= 0.3 is 6.29 Å². The van der Waals surface area contributed by atoms with E-state index in [2.05, 4.69) is 14.8 Å². The van der Waals surface area contributed by atoms with Crippen LogP contribution in [-0.2, 0) is 6.54 Å². The molecule has 2 N–H and O–H groups in total. The largest absolute Gasteiger partial charge is 0.586 e. The first-order valence-electron chi connectivity index (χ1n) is 7.59. The number of alkyl halides is 2. The molecular weight excluding hydrogens is 316 g/mol. The van der Waals surface area contributed by atoms with Crippen LogP contribution in [0.1, 0.15) is 24.5 Å². The number of phenols is 1. The lowest BCUT2D eigenvalue weighted by Gasteiger charge is -2.12. The molecule has 0 amide bonds. The molecule has 2 aromatic rings. The Balaban J connectivity index is 1.78. The summed E-state index contributed by atoms with van der Waals surface area (Å²) in [6.45, 7) is 2.47. The van der Waals surface area contributed by atoms with E-state index in [-0.39, 0.29) is 17.2 Å². The zero-order valence-electron chi connectivity index (χ0n) is 13.1. The van der Waals surface area contributed by atoms with E-state index < -0.39 is 6.29 Å². The Hall–Kier alpha value is -2.76. The van der Waals surface area contributed by atoms with Gasteiger partial charge in [-0.15, -0.1) is 8.78 Å². The number of fused-ring (bicyclic) bond motifs is 1. The molecule has 0 aromatic heterocycles. The Bertz CT molecular complexity index is 775. The van der Waals surface area contributed by atoms with Crippen LogP contribution in [0.15, 0.2) is 48.5 Å². The first-order valence-corrected chi connectivity index (χ1v) is 7.59. The van der Waals surface area contributed by atoms with Crippen molar-refractivity contribution in [1.29, 1.82) is 0 Å². The topological polar surface area (TPSA) is 50.7 Å². The summed E-state index contributed by atoms with van der Waals surface area (Å²) >= 11 is 0. The number of phenolic OH excluding ortho intramolecular Hbond substituents is 1. The SMILES string of the molecule is CC/C=C(/NCc1cccc(O)c1)c1ccc2c(c1)OC(F)(F)O2. The van der Waals surface area contributed by atoms with Gasteiger partial charge in [0, 0.05) is 17.8 Å². The second kappa shape index (κ2) is 6.39. The summed E-state index contributed by atoms with van der Waals surface area (Å²) in [5.41, 5.74) is 2.42. The van der Waals surface area contributed by atoms with E-state index in [1.165, 1.54) is 12.1 Å². The number of rotatable bonds is 5. The molecule has 2 aromatic carbocycles. The number of hydrogen-bond acceptors (Lipinski definition) is 4. The summed E-state index contributed by atoms with van der Waals surface area (Å²) in [6, 6.07) is 11.6. The minimum atomic E-state index is -3.62. The first kappa shape index (κ1) is 16.1. The summed E-state index contributed by atoms with van der Waals surface area (Å²) in [5.74, 6) is 0.229. The van der Waals surface area contributed by atoms with Crippen molar-refractivity contribution in [2.24, 2.45) is 0 Å². The van der Waals surface area contributed by atoms with Crippen LogP contribution in [0.25, 0.3) is 5.70 Å². The second-order valence-electron chi connectivity index (χ2n) is 5.38. The van der Waals surface area contributed by atoms with Crippen LogP contribution in [0, 0.1) is 0 Å². The van der Waals surface area contributed by atoms with Gasteiger partial charge < -0.3 is 19.9 Å². The van der Waals surface area contributed by atoms with Gasteiger partial charge in [0.1, 0.15) is 5.75 Å². The second-order valence-corrected chi connectivity index (χ2v) is 5.38. The zero-order chi connectivity index (χ0) is 17.2. The highest BCUT2D eigenvalue weighted by atomic mass is 19.3. The van der Waals surface area contributed by atoms with E-state index in [4.69, 9.17) is 0 Å². The van der Waals surface area contributed by atoms with Crippen molar-refractivity contribution in [2.75, 3.05) is 0 Å². The van der Waals surface area contributed by atoms with Gasteiger partial charge in [-0.3, -0.25) is 0 Å². The Morgan fingerprint density at radius 2 is 1.96 bits per heavy atom. The molecule has 0 fully saturated rings. The van der Waals surface area contributed by atoms with Gasteiger partial charge in [0.2, 0.25) is 0 Å². The predicted octanol–water partition coefficient (Wildman–Crippen LogP) is 4.25. The van der Waals surface area contributed by atoms with E-state index in [1.54, 1.807) is 24.3 Å². The lowest BCUT2D eigenvalue weighted by Crippen LogP contribution is -2.25. The molecule has 6 heteroatoms. The van der Waals surface area contributed by atoms with E-state index in [0.717, 1.165) is 23.2 Å². The number of hydrogen-bond donors (Lipinski definition) is 2. The number of halogens is 2. The maximum Gasteiger partial charge on any atom is 0.586 e. The van der Waals surface area contributed by atoms with Crippen molar-refractivity contribution >= 4 is 5.70 Å². The minimum absolute atomic E-state index is 0.0126. The van der Waals surface area contributed by atoms with Gasteiger partial charge in [-0.05, 0) is 42.3 Å². The van der Waals surface area contributed by atoms with Crippen molar-refractivity contribution in [3.63, 3.8) is 0 Å². The third-order valence-corrected chi connectivity index (χ3v) is 3.51. The molecule has 126 valence electrons. The monoisotopic (exact) mass is 333 g/mol. The number of benzene rings is 2. The summed E-state index contributed by atoms with van der Waals surface area (Å²) in [5, 5.41) is 12.8. The van der Waals surface area contributed by atoms with Crippen molar-refractivity contribution in [1.82, 2.24) is 5.32 Å². The van der Waals surface area contributed by atoms with Gasteiger partial charge in [0.15, 0.2) is 11.5 Å². The summed E-state index contributed by atoms with van der Waals surface area (Å²) in [4.78, 5) is 0. The molecule has 1 aliphatic rings. The fourth-order valence-corrected chi connectivity index (χ4v) is 2.48. The molecule has 0 saturated heterocycles. The van der Waals surface area contributed by atoms with Gasteiger partial charge in [-0.2, -0.15) is 0 Å². The van der Waals surface area contributed by atoms with Crippen LogP contribution in [0.3, 0.4) is 0 Å². The lowest BCUT2D eigenvalue weighted by atomic mass is 10.1. The summed E-state index contributed by atoms with van der Waals surface area (Å²) in [7, 11) is 0. The average molecular weight is 333 g/mol. The zero-order valence-corrected chi connectivity index (χ0v) is 13.1. The highest BCUT2D eigenvalue weighted by molar-refractivity contribution is 5.67. The van der Waals surface area contributed by atoms with E-state index >= 15 is 0 Å². The van der Waals surface area contributed by atoms with E-state index in [9.17, 15) is 13.9 Å². The number of aromatic hydroxyl groups is 1. The molecule has 24 heavy (non-hydrogen) atoms. The first-order chi connectivity index (χ1) is 11.5. The molecular formula is C18H17F2NO3. The van der Waals surface area contributed by atoms with Crippen molar-refractivity contribution in [3.05, 3.63) is 59.7 Å². The normalized spacial score (nSPS) is 15.4. The van der Waals surface area contributed by atoms with Gasteiger partial charge in [-0.1, -0.05) is 25.1 Å². The van der Waals surface area contributed by atoms with Crippen LogP contribution < -0.4 is 14.8 Å². The molecule has 0 aliphatic carbocycles. The lowest BCUT2D eigenvalue weighted by molar-refractivity contribution is -0.286. The van der Waals surface area contributed by atoms with Crippen LogP contribution in [0.4, 0.5) is 8.78 Å². The summed E-state index contributed by atoms with van der Waals surface area (Å²) < 4.78 is 35.2. The fourth-order valence-electron chi connectivity index (χ4n) is 2.48. The van der Waals surface area contributed by atoms with E-state index in [1.807, 2.05) is 19.1 Å². The van der Waals surface area contributed by atoms with Crippen molar-refractivity contribution in [2.45, 2.75) is 26.2 Å². The van der Waals surface area contributed by atoms with Crippen LogP contribution >= 0.6 is 0 Å².